The fourth-order valence-corrected chi connectivity index (χ4v) is 1.56. The van der Waals surface area contributed by atoms with Crippen molar-refractivity contribution in [3.63, 3.8) is 0 Å². The number of carbonyl (C=O) groups is 1. The van der Waals surface area contributed by atoms with Gasteiger partial charge in [0.05, 0.1) is 0 Å². The summed E-state index contributed by atoms with van der Waals surface area (Å²) in [6, 6.07) is 3.03. The lowest BCUT2D eigenvalue weighted by molar-refractivity contribution is 0.0949. The third kappa shape index (κ3) is 3.75. The highest BCUT2D eigenvalue weighted by Crippen LogP contribution is 2.00. The smallest absolute Gasteiger partial charge is 0.269 e. The van der Waals surface area contributed by atoms with Gasteiger partial charge in [0.2, 0.25) is 5.89 Å². The molecule has 2 heterocycles. The Morgan fingerprint density at radius 3 is 2.90 bits per heavy atom. The van der Waals surface area contributed by atoms with E-state index in [1.165, 1.54) is 12.3 Å². The molecule has 0 aliphatic carbocycles. The molecule has 0 saturated carbocycles. The van der Waals surface area contributed by atoms with Gasteiger partial charge in [-0.2, -0.15) is 4.98 Å². The molecule has 0 unspecified atom stereocenters. The van der Waals surface area contributed by atoms with Crippen LogP contribution in [0.4, 0.5) is 0 Å². The van der Waals surface area contributed by atoms with E-state index in [-0.39, 0.29) is 17.4 Å². The van der Waals surface area contributed by atoms with Gasteiger partial charge in [-0.1, -0.05) is 10.3 Å². The summed E-state index contributed by atoms with van der Waals surface area (Å²) in [7, 11) is 0. The predicted molar refractivity (Wildman–Crippen MR) is 71.8 cm³/mol. The number of carbonyl (C=O) groups excluding carboxylic acids is 1. The van der Waals surface area contributed by atoms with Crippen molar-refractivity contribution in [2.75, 3.05) is 6.54 Å². The first-order valence-electron chi connectivity index (χ1n) is 6.11. The highest BCUT2D eigenvalue weighted by Gasteiger charge is 2.09. The van der Waals surface area contributed by atoms with Crippen molar-refractivity contribution in [2.45, 2.75) is 13.3 Å². The summed E-state index contributed by atoms with van der Waals surface area (Å²) in [4.78, 5) is 19.8. The van der Waals surface area contributed by atoms with E-state index < -0.39 is 0 Å². The molecular formula is C12H14N6O3. The van der Waals surface area contributed by atoms with Gasteiger partial charge < -0.3 is 20.8 Å². The third-order valence-electron chi connectivity index (χ3n) is 2.60. The Kier molecular flexibility index (Phi) is 4.44. The van der Waals surface area contributed by atoms with Gasteiger partial charge in [0.1, 0.15) is 5.69 Å². The fraction of sp³-hybridized carbons (Fsp3) is 0.250. The zero-order valence-corrected chi connectivity index (χ0v) is 11.3. The summed E-state index contributed by atoms with van der Waals surface area (Å²) >= 11 is 0. The summed E-state index contributed by atoms with van der Waals surface area (Å²) in [6.07, 6.45) is 1.82. The monoisotopic (exact) mass is 290 g/mol. The van der Waals surface area contributed by atoms with Gasteiger partial charge in [-0.15, -0.1) is 0 Å². The number of oxime groups is 1. The van der Waals surface area contributed by atoms with Crippen molar-refractivity contribution in [1.82, 2.24) is 20.4 Å². The van der Waals surface area contributed by atoms with Crippen molar-refractivity contribution in [1.29, 1.82) is 0 Å². The van der Waals surface area contributed by atoms with E-state index in [0.29, 0.717) is 30.2 Å². The summed E-state index contributed by atoms with van der Waals surface area (Å²) < 4.78 is 4.82. The van der Waals surface area contributed by atoms with Crippen LogP contribution in [-0.2, 0) is 6.42 Å². The van der Waals surface area contributed by atoms with Crippen LogP contribution in [0.15, 0.2) is 28.0 Å². The summed E-state index contributed by atoms with van der Waals surface area (Å²) in [5.74, 6) is 0.614. The number of amidine groups is 1. The molecule has 2 aromatic rings. The van der Waals surface area contributed by atoms with E-state index in [9.17, 15) is 4.79 Å². The molecule has 0 fully saturated rings. The lowest BCUT2D eigenvalue weighted by Crippen LogP contribution is -2.27. The molecule has 1 amide bonds. The molecule has 2 rings (SSSR count). The standard InChI is InChI=1S/C12H14N6O3/c1-7-16-10(18-21-7)4-5-14-12(19)9-3-2-8(6-15-9)11(13)17-20/h2-3,6,20H,4-5H2,1H3,(H2,13,17)(H,14,19). The molecule has 0 aliphatic rings. The minimum absolute atomic E-state index is 0.0677. The summed E-state index contributed by atoms with van der Waals surface area (Å²) in [5.41, 5.74) is 6.06. The fourth-order valence-electron chi connectivity index (χ4n) is 1.56. The van der Waals surface area contributed by atoms with Crippen molar-refractivity contribution >= 4 is 11.7 Å². The molecule has 2 aromatic heterocycles. The van der Waals surface area contributed by atoms with E-state index in [4.69, 9.17) is 15.5 Å². The Labute approximate surface area is 119 Å². The topological polar surface area (TPSA) is 140 Å². The van der Waals surface area contributed by atoms with Gasteiger partial charge in [-0.25, -0.2) is 0 Å². The van der Waals surface area contributed by atoms with Gasteiger partial charge in [0.25, 0.3) is 5.91 Å². The number of amides is 1. The predicted octanol–water partition coefficient (Wildman–Crippen LogP) is -0.160. The maximum absolute atomic E-state index is 11.8. The normalized spacial score (nSPS) is 11.4. The van der Waals surface area contributed by atoms with Crippen LogP contribution in [0.25, 0.3) is 0 Å². The van der Waals surface area contributed by atoms with Crippen LogP contribution in [0.2, 0.25) is 0 Å². The first kappa shape index (κ1) is 14.4. The highest BCUT2D eigenvalue weighted by atomic mass is 16.5. The third-order valence-corrected chi connectivity index (χ3v) is 2.60. The van der Waals surface area contributed by atoms with Gasteiger partial charge in [0, 0.05) is 31.6 Å². The first-order valence-corrected chi connectivity index (χ1v) is 6.11. The van der Waals surface area contributed by atoms with E-state index in [0.717, 1.165) is 0 Å². The van der Waals surface area contributed by atoms with Gasteiger partial charge in [0.15, 0.2) is 11.7 Å². The molecule has 0 aliphatic heterocycles. The van der Waals surface area contributed by atoms with Gasteiger partial charge in [-0.05, 0) is 12.1 Å². The lowest BCUT2D eigenvalue weighted by atomic mass is 10.2. The molecule has 0 radical (unpaired) electrons. The molecule has 0 aromatic carbocycles. The molecule has 9 nitrogen and oxygen atoms in total. The van der Waals surface area contributed by atoms with Crippen LogP contribution >= 0.6 is 0 Å². The van der Waals surface area contributed by atoms with E-state index in [1.807, 2.05) is 0 Å². The molecule has 0 bridgehead atoms. The second kappa shape index (κ2) is 6.46. The molecule has 0 saturated heterocycles. The maximum atomic E-state index is 11.8. The lowest BCUT2D eigenvalue weighted by Gasteiger charge is -2.03. The number of hydrogen-bond acceptors (Lipinski definition) is 7. The average Bonchev–Trinajstić information content (AvgIpc) is 2.92. The molecule has 0 spiro atoms. The Morgan fingerprint density at radius 1 is 1.52 bits per heavy atom. The Morgan fingerprint density at radius 2 is 2.33 bits per heavy atom. The van der Waals surface area contributed by atoms with Crippen molar-refractivity contribution < 1.29 is 14.5 Å². The summed E-state index contributed by atoms with van der Waals surface area (Å²) in [5, 5.41) is 17.8. The number of aryl methyl sites for hydroxylation is 1. The van der Waals surface area contributed by atoms with Crippen LogP contribution in [0.1, 0.15) is 27.8 Å². The molecule has 9 heteroatoms. The molecular weight excluding hydrogens is 276 g/mol. The minimum Gasteiger partial charge on any atom is -0.409 e. The van der Waals surface area contributed by atoms with Gasteiger partial charge in [-0.3, -0.25) is 9.78 Å². The van der Waals surface area contributed by atoms with Crippen molar-refractivity contribution in [2.24, 2.45) is 10.9 Å². The van der Waals surface area contributed by atoms with E-state index in [2.05, 4.69) is 25.6 Å². The zero-order valence-electron chi connectivity index (χ0n) is 11.3. The zero-order chi connectivity index (χ0) is 15.2. The SMILES string of the molecule is Cc1nc(CCNC(=O)c2ccc(/C(N)=N/O)cn2)no1. The van der Waals surface area contributed by atoms with Crippen molar-refractivity contribution in [3.8, 4) is 0 Å². The largest absolute Gasteiger partial charge is 0.409 e. The van der Waals surface area contributed by atoms with Gasteiger partial charge >= 0.3 is 0 Å². The number of rotatable bonds is 5. The van der Waals surface area contributed by atoms with Crippen LogP contribution in [0, 0.1) is 6.92 Å². The Balaban J connectivity index is 1.88. The number of nitrogens with two attached hydrogens (primary N) is 1. The number of aromatic nitrogens is 3. The molecule has 4 N–H and O–H groups in total. The molecule has 110 valence electrons. The van der Waals surface area contributed by atoms with Crippen LogP contribution in [0.5, 0.6) is 0 Å². The highest BCUT2D eigenvalue weighted by molar-refractivity contribution is 5.98. The van der Waals surface area contributed by atoms with Crippen LogP contribution in [-0.4, -0.2) is 38.6 Å². The van der Waals surface area contributed by atoms with Crippen LogP contribution in [0.3, 0.4) is 0 Å². The maximum Gasteiger partial charge on any atom is 0.269 e. The van der Waals surface area contributed by atoms with E-state index >= 15 is 0 Å². The van der Waals surface area contributed by atoms with E-state index in [1.54, 1.807) is 13.0 Å². The van der Waals surface area contributed by atoms with Crippen molar-refractivity contribution in [3.05, 3.63) is 41.3 Å². The minimum atomic E-state index is -0.332. The second-order valence-corrected chi connectivity index (χ2v) is 4.15. The number of hydrogen-bond donors (Lipinski definition) is 3. The first-order chi connectivity index (χ1) is 10.1. The number of pyridine rings is 1. The van der Waals surface area contributed by atoms with Crippen LogP contribution < -0.4 is 11.1 Å². The quantitative estimate of drug-likeness (QED) is 0.301. The molecule has 0 atom stereocenters. The number of nitrogens with zero attached hydrogens (tertiary/aromatic N) is 4. The Bertz CT molecular complexity index is 649. The summed E-state index contributed by atoms with van der Waals surface area (Å²) in [6.45, 7) is 2.06. The molecule has 21 heavy (non-hydrogen) atoms. The Hall–Kier alpha value is -2.97. The second-order valence-electron chi connectivity index (χ2n) is 4.15. The number of nitrogens with one attached hydrogen (secondary N) is 1. The average molecular weight is 290 g/mol.